The van der Waals surface area contributed by atoms with Crippen LogP contribution in [-0.4, -0.2) is 23.0 Å². The number of carboxylic acid groups (broad SMARTS) is 1. The van der Waals surface area contributed by atoms with E-state index in [0.29, 0.717) is 0 Å². The Morgan fingerprint density at radius 1 is 1.37 bits per heavy atom. The number of aryl methyl sites for hydroxylation is 1. The van der Waals surface area contributed by atoms with Crippen molar-refractivity contribution in [1.29, 1.82) is 0 Å². The van der Waals surface area contributed by atoms with Crippen molar-refractivity contribution in [2.75, 3.05) is 0 Å². The second-order valence-electron chi connectivity index (χ2n) is 4.17. The Bertz CT molecular complexity index is 489. The first-order valence-electron chi connectivity index (χ1n) is 5.92. The van der Waals surface area contributed by atoms with Gasteiger partial charge in [-0.2, -0.15) is 0 Å². The molecule has 4 nitrogen and oxygen atoms in total. The molecule has 1 aromatic rings. The average molecular weight is 259 g/mol. The van der Waals surface area contributed by atoms with Crippen molar-refractivity contribution in [3.05, 3.63) is 54.1 Å². The van der Waals surface area contributed by atoms with Gasteiger partial charge in [-0.1, -0.05) is 35.9 Å². The molecule has 2 N–H and O–H groups in total. The lowest BCUT2D eigenvalue weighted by Gasteiger charge is -2.10. The molecule has 0 saturated carbocycles. The number of aliphatic carboxylic acids is 1. The zero-order valence-corrected chi connectivity index (χ0v) is 10.8. The molecule has 0 aliphatic heterocycles. The van der Waals surface area contributed by atoms with E-state index in [9.17, 15) is 9.59 Å². The molecule has 1 aromatic carbocycles. The van der Waals surface area contributed by atoms with Gasteiger partial charge in [-0.15, -0.1) is 6.58 Å². The minimum absolute atomic E-state index is 0.194. The first-order valence-corrected chi connectivity index (χ1v) is 5.92. The zero-order chi connectivity index (χ0) is 14.3. The lowest BCUT2D eigenvalue weighted by atomic mass is 10.1. The molecule has 0 aliphatic rings. The number of nitrogens with one attached hydrogen (secondary N) is 1. The first kappa shape index (κ1) is 14.7. The Morgan fingerprint density at radius 2 is 2.00 bits per heavy atom. The van der Waals surface area contributed by atoms with Crippen molar-refractivity contribution in [3.63, 3.8) is 0 Å². The standard InChI is InChI=1S/C15H17NO3/c1-3-4-13(15(18)19)16-14(17)10-9-12-7-5-11(2)6-8-12/h3,5-10,13H,1,4H2,2H3,(H,16,17)(H,18,19)/b10-9+. The number of amides is 1. The summed E-state index contributed by atoms with van der Waals surface area (Å²) in [6.45, 7) is 5.44. The summed E-state index contributed by atoms with van der Waals surface area (Å²) in [5, 5.41) is 11.3. The summed E-state index contributed by atoms with van der Waals surface area (Å²) in [6.07, 6.45) is 4.62. The van der Waals surface area contributed by atoms with Crippen LogP contribution in [-0.2, 0) is 9.59 Å². The van der Waals surface area contributed by atoms with Crippen molar-refractivity contribution < 1.29 is 14.7 Å². The number of carboxylic acids is 1. The van der Waals surface area contributed by atoms with Gasteiger partial charge in [0, 0.05) is 6.08 Å². The van der Waals surface area contributed by atoms with Crippen LogP contribution in [0.25, 0.3) is 6.08 Å². The molecule has 0 radical (unpaired) electrons. The SMILES string of the molecule is C=CCC(NC(=O)/C=C/c1ccc(C)cc1)C(=O)O. The molecule has 100 valence electrons. The normalized spacial score (nSPS) is 12.1. The lowest BCUT2D eigenvalue weighted by Crippen LogP contribution is -2.39. The molecule has 1 unspecified atom stereocenters. The minimum Gasteiger partial charge on any atom is -0.480 e. The lowest BCUT2D eigenvalue weighted by molar-refractivity contribution is -0.141. The second-order valence-corrected chi connectivity index (χ2v) is 4.17. The molecule has 0 heterocycles. The van der Waals surface area contributed by atoms with E-state index in [1.54, 1.807) is 6.08 Å². The maximum atomic E-state index is 11.6. The summed E-state index contributed by atoms with van der Waals surface area (Å²) in [6, 6.07) is 6.72. The van der Waals surface area contributed by atoms with E-state index < -0.39 is 17.9 Å². The van der Waals surface area contributed by atoms with Gasteiger partial charge in [-0.25, -0.2) is 4.79 Å². The van der Waals surface area contributed by atoms with Crippen molar-refractivity contribution in [2.45, 2.75) is 19.4 Å². The highest BCUT2D eigenvalue weighted by atomic mass is 16.4. The van der Waals surface area contributed by atoms with E-state index in [0.717, 1.165) is 11.1 Å². The van der Waals surface area contributed by atoms with Crippen molar-refractivity contribution in [1.82, 2.24) is 5.32 Å². The molecule has 0 bridgehead atoms. The summed E-state index contributed by atoms with van der Waals surface area (Å²) >= 11 is 0. The van der Waals surface area contributed by atoms with Crippen molar-refractivity contribution in [2.24, 2.45) is 0 Å². The Hall–Kier alpha value is -2.36. The van der Waals surface area contributed by atoms with Crippen LogP contribution in [0.3, 0.4) is 0 Å². The third-order valence-electron chi connectivity index (χ3n) is 2.52. The summed E-state index contributed by atoms with van der Waals surface area (Å²) in [5.74, 6) is -1.51. The van der Waals surface area contributed by atoms with Gasteiger partial charge in [0.25, 0.3) is 0 Å². The summed E-state index contributed by atoms with van der Waals surface area (Å²) in [7, 11) is 0. The van der Waals surface area contributed by atoms with Gasteiger partial charge in [0.15, 0.2) is 0 Å². The largest absolute Gasteiger partial charge is 0.480 e. The number of carbonyl (C=O) groups is 2. The predicted molar refractivity (Wildman–Crippen MR) is 74.6 cm³/mol. The summed E-state index contributed by atoms with van der Waals surface area (Å²) in [4.78, 5) is 22.4. The Labute approximate surface area is 112 Å². The van der Waals surface area contributed by atoms with Crippen LogP contribution in [0.4, 0.5) is 0 Å². The molecule has 1 atom stereocenters. The van der Waals surface area contributed by atoms with Crippen LogP contribution < -0.4 is 5.32 Å². The van der Waals surface area contributed by atoms with Gasteiger partial charge in [-0.05, 0) is 25.0 Å². The van der Waals surface area contributed by atoms with Crippen LogP contribution in [0, 0.1) is 6.92 Å². The second kappa shape index (κ2) is 7.16. The number of hydrogen-bond donors (Lipinski definition) is 2. The Kier molecular flexibility index (Phi) is 5.54. The quantitative estimate of drug-likeness (QED) is 0.607. The molecular formula is C15H17NO3. The maximum absolute atomic E-state index is 11.6. The van der Waals surface area contributed by atoms with E-state index in [1.807, 2.05) is 31.2 Å². The molecule has 4 heteroatoms. The fourth-order valence-corrected chi connectivity index (χ4v) is 1.46. The third kappa shape index (κ3) is 5.21. The molecule has 0 saturated heterocycles. The third-order valence-corrected chi connectivity index (χ3v) is 2.52. The predicted octanol–water partition coefficient (Wildman–Crippen LogP) is 2.15. The molecule has 0 aliphatic carbocycles. The number of hydrogen-bond acceptors (Lipinski definition) is 2. The molecule has 1 amide bonds. The van der Waals surface area contributed by atoms with E-state index >= 15 is 0 Å². The van der Waals surface area contributed by atoms with Gasteiger partial charge in [0.2, 0.25) is 5.91 Å². The van der Waals surface area contributed by atoms with Gasteiger partial charge >= 0.3 is 5.97 Å². The average Bonchev–Trinajstić information content (AvgIpc) is 2.37. The van der Waals surface area contributed by atoms with E-state index in [1.165, 1.54) is 12.2 Å². The van der Waals surface area contributed by atoms with Crippen molar-refractivity contribution in [3.8, 4) is 0 Å². The Morgan fingerprint density at radius 3 is 2.53 bits per heavy atom. The van der Waals surface area contributed by atoms with E-state index in [2.05, 4.69) is 11.9 Å². The van der Waals surface area contributed by atoms with Crippen LogP contribution in [0.2, 0.25) is 0 Å². The van der Waals surface area contributed by atoms with Crippen molar-refractivity contribution >= 4 is 18.0 Å². The molecule has 1 rings (SSSR count). The number of benzene rings is 1. The first-order chi connectivity index (χ1) is 9.02. The van der Waals surface area contributed by atoms with Crippen LogP contribution in [0.1, 0.15) is 17.5 Å². The van der Waals surface area contributed by atoms with Gasteiger partial charge < -0.3 is 10.4 Å². The van der Waals surface area contributed by atoms with E-state index in [-0.39, 0.29) is 6.42 Å². The van der Waals surface area contributed by atoms with Crippen LogP contribution in [0.15, 0.2) is 43.0 Å². The van der Waals surface area contributed by atoms with Gasteiger partial charge in [0.1, 0.15) is 6.04 Å². The molecule has 0 aromatic heterocycles. The molecule has 19 heavy (non-hydrogen) atoms. The molecule has 0 spiro atoms. The van der Waals surface area contributed by atoms with Gasteiger partial charge in [-0.3, -0.25) is 4.79 Å². The zero-order valence-electron chi connectivity index (χ0n) is 10.8. The monoisotopic (exact) mass is 259 g/mol. The summed E-state index contributed by atoms with van der Waals surface area (Å²) < 4.78 is 0. The van der Waals surface area contributed by atoms with Crippen LogP contribution in [0.5, 0.6) is 0 Å². The van der Waals surface area contributed by atoms with Crippen LogP contribution >= 0.6 is 0 Å². The highest BCUT2D eigenvalue weighted by molar-refractivity contribution is 5.94. The maximum Gasteiger partial charge on any atom is 0.326 e. The number of carbonyl (C=O) groups excluding carboxylic acids is 1. The Balaban J connectivity index is 2.61. The molecule has 0 fully saturated rings. The smallest absolute Gasteiger partial charge is 0.326 e. The highest BCUT2D eigenvalue weighted by Gasteiger charge is 2.16. The fourth-order valence-electron chi connectivity index (χ4n) is 1.46. The van der Waals surface area contributed by atoms with E-state index in [4.69, 9.17) is 5.11 Å². The highest BCUT2D eigenvalue weighted by Crippen LogP contribution is 2.04. The number of rotatable bonds is 6. The topological polar surface area (TPSA) is 66.4 Å². The van der Waals surface area contributed by atoms with Gasteiger partial charge in [0.05, 0.1) is 0 Å². The fraction of sp³-hybridized carbons (Fsp3) is 0.200. The summed E-state index contributed by atoms with van der Waals surface area (Å²) in [5.41, 5.74) is 2.02. The minimum atomic E-state index is -1.07. The molecular weight excluding hydrogens is 242 g/mol.